The highest BCUT2D eigenvalue weighted by atomic mass is 16.2. The molecule has 1 N–H and O–H groups in total. The fourth-order valence-corrected chi connectivity index (χ4v) is 2.84. The number of benzene rings is 1. The van der Waals surface area contributed by atoms with Crippen molar-refractivity contribution in [3.63, 3.8) is 0 Å². The van der Waals surface area contributed by atoms with Crippen LogP contribution in [0, 0.1) is 0 Å². The van der Waals surface area contributed by atoms with Crippen LogP contribution in [0.1, 0.15) is 89.8 Å². The lowest BCUT2D eigenvalue weighted by atomic mass is 9.82. The molecule has 0 radical (unpaired) electrons. The minimum atomic E-state index is -0.865. The summed E-state index contributed by atoms with van der Waals surface area (Å²) >= 11 is 0. The van der Waals surface area contributed by atoms with Gasteiger partial charge in [-0.25, -0.2) is 0 Å². The number of fused-ring (bicyclic) bond motifs is 1. The van der Waals surface area contributed by atoms with Gasteiger partial charge in [0.05, 0.1) is 11.1 Å². The Hall–Kier alpha value is -2.96. The van der Waals surface area contributed by atoms with Crippen molar-refractivity contribution in [2.24, 2.45) is 0 Å². The second-order valence-corrected chi connectivity index (χ2v) is 5.26. The van der Waals surface area contributed by atoms with Gasteiger partial charge in [0.25, 0.3) is 11.8 Å². The van der Waals surface area contributed by atoms with Crippen LogP contribution >= 0.6 is 0 Å². The van der Waals surface area contributed by atoms with Crippen LogP contribution in [-0.4, -0.2) is 34.9 Å². The molecule has 0 aliphatic carbocycles. The van der Waals surface area contributed by atoms with Gasteiger partial charge in [-0.3, -0.25) is 34.1 Å². The predicted octanol–water partition coefficient (Wildman–Crippen LogP) is 1.38. The maximum Gasteiger partial charge on any atom is 0.259 e. The van der Waals surface area contributed by atoms with E-state index in [1.165, 1.54) is 0 Å². The largest absolute Gasteiger partial charge is 0.294 e. The van der Waals surface area contributed by atoms with Crippen LogP contribution in [0.4, 0.5) is 0 Å². The normalized spacial score (nSPS) is 12.7. The van der Waals surface area contributed by atoms with Crippen LogP contribution in [0.5, 0.6) is 0 Å². The lowest BCUT2D eigenvalue weighted by Crippen LogP contribution is -2.21. The fraction of sp³-hybridized carbons (Fsp3) is 0.250. The number of hydrogen-bond acceptors (Lipinski definition) is 6. The Kier molecular flexibility index (Phi) is 3.82. The zero-order valence-electron chi connectivity index (χ0n) is 12.9. The highest BCUT2D eigenvalue weighted by molar-refractivity contribution is 6.32. The van der Waals surface area contributed by atoms with Gasteiger partial charge in [-0.1, -0.05) is 0 Å². The van der Waals surface area contributed by atoms with Crippen molar-refractivity contribution in [2.75, 3.05) is 0 Å². The quantitative estimate of drug-likeness (QED) is 0.663. The predicted molar refractivity (Wildman–Crippen MR) is 78.3 cm³/mol. The highest BCUT2D eigenvalue weighted by Crippen LogP contribution is 2.33. The van der Waals surface area contributed by atoms with E-state index < -0.39 is 34.9 Å². The molecule has 0 bridgehead atoms. The van der Waals surface area contributed by atoms with E-state index in [0.717, 1.165) is 27.7 Å². The van der Waals surface area contributed by atoms with Crippen LogP contribution in [0.2, 0.25) is 0 Å². The molecule has 0 saturated carbocycles. The maximum atomic E-state index is 12.0. The second kappa shape index (κ2) is 5.35. The molecule has 1 aliphatic heterocycles. The van der Waals surface area contributed by atoms with Crippen LogP contribution in [-0.2, 0) is 0 Å². The summed E-state index contributed by atoms with van der Waals surface area (Å²) in [5, 5.41) is 2.00. The molecular formula is C16H13NO6. The maximum absolute atomic E-state index is 12.0. The molecule has 7 heteroatoms. The Morgan fingerprint density at radius 3 is 1.04 bits per heavy atom. The molecule has 7 nitrogen and oxygen atoms in total. The van der Waals surface area contributed by atoms with Crippen LogP contribution in [0.15, 0.2) is 0 Å². The fourth-order valence-electron chi connectivity index (χ4n) is 2.84. The van der Waals surface area contributed by atoms with E-state index in [9.17, 15) is 28.8 Å². The average Bonchev–Trinajstić information content (AvgIpc) is 2.70. The van der Waals surface area contributed by atoms with Crippen molar-refractivity contribution in [3.8, 4) is 0 Å². The van der Waals surface area contributed by atoms with Gasteiger partial charge in [0, 0.05) is 22.3 Å². The first-order valence-electron chi connectivity index (χ1n) is 6.72. The van der Waals surface area contributed by atoms with Crippen molar-refractivity contribution >= 4 is 34.9 Å². The molecule has 0 atom stereocenters. The highest BCUT2D eigenvalue weighted by Gasteiger charge is 2.40. The Bertz CT molecular complexity index is 778. The van der Waals surface area contributed by atoms with E-state index in [4.69, 9.17) is 0 Å². The lowest BCUT2D eigenvalue weighted by Gasteiger charge is -2.16. The number of ketones is 4. The number of nitrogens with one attached hydrogen (secondary N) is 1. The Morgan fingerprint density at radius 1 is 0.565 bits per heavy atom. The Labute approximate surface area is 131 Å². The molecule has 1 heterocycles. The number of imide groups is 1. The van der Waals surface area contributed by atoms with Crippen molar-refractivity contribution in [3.05, 3.63) is 33.4 Å². The van der Waals surface area contributed by atoms with Gasteiger partial charge in [0.2, 0.25) is 0 Å². The molecule has 0 aromatic heterocycles. The third-order valence-corrected chi connectivity index (χ3v) is 3.59. The molecule has 1 aliphatic rings. The minimum Gasteiger partial charge on any atom is -0.294 e. The number of carbonyl (C=O) groups excluding carboxylic acids is 6. The van der Waals surface area contributed by atoms with Crippen LogP contribution in [0.25, 0.3) is 0 Å². The summed E-state index contributed by atoms with van der Waals surface area (Å²) in [6.45, 7) is 4.49. The first-order valence-corrected chi connectivity index (χ1v) is 6.72. The van der Waals surface area contributed by atoms with E-state index in [1.807, 2.05) is 5.32 Å². The summed E-state index contributed by atoms with van der Waals surface area (Å²) in [4.78, 5) is 72.1. The van der Waals surface area contributed by atoms with Gasteiger partial charge in [0.1, 0.15) is 0 Å². The summed E-state index contributed by atoms with van der Waals surface area (Å²) < 4.78 is 0. The summed E-state index contributed by atoms with van der Waals surface area (Å²) in [5.74, 6) is -4.30. The van der Waals surface area contributed by atoms with E-state index in [0.29, 0.717) is 0 Å². The molecule has 2 amide bonds. The SMILES string of the molecule is CC(=O)c1c(C(C)=O)c(C(C)=O)c2c(c1C(C)=O)C(=O)NC2=O. The average molecular weight is 315 g/mol. The van der Waals surface area contributed by atoms with Crippen molar-refractivity contribution in [1.82, 2.24) is 5.32 Å². The molecule has 0 fully saturated rings. The first kappa shape index (κ1) is 16.4. The Morgan fingerprint density at radius 2 is 0.826 bits per heavy atom. The third-order valence-electron chi connectivity index (χ3n) is 3.59. The minimum absolute atomic E-state index is 0.293. The van der Waals surface area contributed by atoms with E-state index in [2.05, 4.69) is 0 Å². The smallest absolute Gasteiger partial charge is 0.259 e. The van der Waals surface area contributed by atoms with Crippen LogP contribution < -0.4 is 5.32 Å². The zero-order valence-corrected chi connectivity index (χ0v) is 12.9. The zero-order chi connectivity index (χ0) is 17.6. The van der Waals surface area contributed by atoms with E-state index >= 15 is 0 Å². The van der Waals surface area contributed by atoms with Gasteiger partial charge in [0.15, 0.2) is 23.1 Å². The van der Waals surface area contributed by atoms with E-state index in [-0.39, 0.29) is 33.4 Å². The van der Waals surface area contributed by atoms with E-state index in [1.54, 1.807) is 0 Å². The Balaban J connectivity index is 3.23. The molecule has 2 rings (SSSR count). The molecule has 1 aromatic rings. The number of hydrogen-bond donors (Lipinski definition) is 1. The summed E-state index contributed by atoms with van der Waals surface area (Å²) in [7, 11) is 0. The number of Topliss-reactive ketones (excluding diaryl/α,β-unsaturated/α-hetero) is 4. The van der Waals surface area contributed by atoms with Gasteiger partial charge in [-0.05, 0) is 27.7 Å². The molecule has 1 aromatic carbocycles. The molecule has 118 valence electrons. The lowest BCUT2D eigenvalue weighted by molar-refractivity contribution is 0.0871. The van der Waals surface area contributed by atoms with Crippen LogP contribution in [0.3, 0.4) is 0 Å². The molecule has 0 unspecified atom stereocenters. The monoisotopic (exact) mass is 315 g/mol. The summed E-state index contributed by atoms with van der Waals surface area (Å²) in [6.07, 6.45) is 0. The summed E-state index contributed by atoms with van der Waals surface area (Å²) in [5.41, 5.74) is -1.82. The van der Waals surface area contributed by atoms with Gasteiger partial charge >= 0.3 is 0 Å². The molecule has 23 heavy (non-hydrogen) atoms. The number of rotatable bonds is 4. The van der Waals surface area contributed by atoms with Gasteiger partial charge in [-0.2, -0.15) is 0 Å². The standard InChI is InChI=1S/C16H13NO6/c1-5(18)9-10(6(2)19)12(8(4)21)14-13(11(9)7(3)20)15(22)17-16(14)23/h1-4H3,(H,17,22,23). The molecule has 0 spiro atoms. The van der Waals surface area contributed by atoms with Gasteiger partial charge in [-0.15, -0.1) is 0 Å². The first-order chi connectivity index (χ1) is 10.6. The van der Waals surface area contributed by atoms with Crippen molar-refractivity contribution < 1.29 is 28.8 Å². The van der Waals surface area contributed by atoms with Gasteiger partial charge < -0.3 is 0 Å². The second-order valence-electron chi connectivity index (χ2n) is 5.26. The summed E-state index contributed by atoms with van der Waals surface area (Å²) in [6, 6.07) is 0. The topological polar surface area (TPSA) is 114 Å². The number of carbonyl (C=O) groups is 6. The molecule has 0 saturated heterocycles. The van der Waals surface area contributed by atoms with Crippen molar-refractivity contribution in [1.29, 1.82) is 0 Å². The molecular weight excluding hydrogens is 302 g/mol. The van der Waals surface area contributed by atoms with Crippen molar-refractivity contribution in [2.45, 2.75) is 27.7 Å². The third kappa shape index (κ3) is 2.30. The number of amides is 2.